The Hall–Kier alpha value is -3.32. The van der Waals surface area contributed by atoms with Gasteiger partial charge in [-0.1, -0.05) is 42.0 Å². The lowest BCUT2D eigenvalue weighted by atomic mass is 10.1. The lowest BCUT2D eigenvalue weighted by molar-refractivity contribution is 0.254. The van der Waals surface area contributed by atoms with Gasteiger partial charge in [0.2, 0.25) is 0 Å². The van der Waals surface area contributed by atoms with Crippen LogP contribution in [0.2, 0.25) is 0 Å². The molecule has 154 valence electrons. The molecule has 0 fully saturated rings. The van der Waals surface area contributed by atoms with E-state index in [9.17, 15) is 9.00 Å². The smallest absolute Gasteiger partial charge is 0.341 e. The first-order chi connectivity index (χ1) is 14.5. The summed E-state index contributed by atoms with van der Waals surface area (Å²) in [7, 11) is 1.38. The van der Waals surface area contributed by atoms with Crippen LogP contribution in [-0.4, -0.2) is 24.5 Å². The second-order valence-electron chi connectivity index (χ2n) is 6.90. The molecule has 1 aliphatic rings. The predicted octanol–water partition coefficient (Wildman–Crippen LogP) is 4.68. The minimum absolute atomic E-state index is 0.361. The summed E-state index contributed by atoms with van der Waals surface area (Å²) in [5.74, 6) is 0.997. The average Bonchev–Trinajstić information content (AvgIpc) is 2.78. The summed E-state index contributed by atoms with van der Waals surface area (Å²) < 4.78 is 25.3. The Morgan fingerprint density at radius 1 is 0.900 bits per heavy atom. The van der Waals surface area contributed by atoms with Crippen LogP contribution in [0.15, 0.2) is 71.6 Å². The number of carbonyl (C=O) groups excluding carboxylic acids is 1. The van der Waals surface area contributed by atoms with Crippen molar-refractivity contribution in [2.45, 2.75) is 18.4 Å². The maximum Gasteiger partial charge on any atom is 0.341 e. The molecule has 1 aliphatic heterocycles. The van der Waals surface area contributed by atoms with Crippen LogP contribution in [0.1, 0.15) is 11.1 Å². The van der Waals surface area contributed by atoms with E-state index in [4.69, 9.17) is 9.47 Å². The number of nitrogens with zero attached hydrogens (tertiary/aromatic N) is 2. The van der Waals surface area contributed by atoms with Crippen molar-refractivity contribution in [1.29, 1.82) is 0 Å². The van der Waals surface area contributed by atoms with Gasteiger partial charge in [-0.05, 0) is 36.8 Å². The third kappa shape index (κ3) is 3.52. The molecule has 3 aromatic rings. The van der Waals surface area contributed by atoms with Crippen LogP contribution in [-0.2, 0) is 17.5 Å². The Balaban J connectivity index is 1.78. The second kappa shape index (κ2) is 8.20. The van der Waals surface area contributed by atoms with Crippen molar-refractivity contribution in [3.8, 4) is 11.5 Å². The predicted molar refractivity (Wildman–Crippen MR) is 118 cm³/mol. The molecule has 2 amide bonds. The molecule has 0 bridgehead atoms. The summed E-state index contributed by atoms with van der Waals surface area (Å²) in [6.45, 7) is 2.39. The molecule has 0 saturated carbocycles. The van der Waals surface area contributed by atoms with Gasteiger partial charge in [0.25, 0.3) is 0 Å². The van der Waals surface area contributed by atoms with Gasteiger partial charge in [0, 0.05) is 6.07 Å². The van der Waals surface area contributed by atoms with E-state index in [0.717, 1.165) is 11.1 Å². The van der Waals surface area contributed by atoms with Gasteiger partial charge >= 0.3 is 6.03 Å². The quantitative estimate of drug-likeness (QED) is 0.599. The van der Waals surface area contributed by atoms with Crippen LogP contribution in [0.25, 0.3) is 0 Å². The van der Waals surface area contributed by atoms with Crippen molar-refractivity contribution in [2.75, 3.05) is 23.4 Å². The maximum absolute atomic E-state index is 13.5. The number of methoxy groups -OCH3 is 2. The standard InChI is InChI=1S/C23H22N2O4S/c1-16-8-10-17(11-9-16)15-24-19-6-4-5-7-22(19)30(27)25(23(24)26)18-12-13-20(28-2)21(14-18)29-3/h4-14H,15H2,1-3H3. The lowest BCUT2D eigenvalue weighted by Crippen LogP contribution is -2.48. The van der Waals surface area contributed by atoms with E-state index < -0.39 is 11.0 Å². The van der Waals surface area contributed by atoms with Gasteiger partial charge in [-0.25, -0.2) is 13.3 Å². The van der Waals surface area contributed by atoms with E-state index >= 15 is 0 Å². The number of amides is 2. The number of anilines is 2. The van der Waals surface area contributed by atoms with Gasteiger partial charge in [0.1, 0.15) is 0 Å². The van der Waals surface area contributed by atoms with Gasteiger partial charge in [-0.3, -0.25) is 4.90 Å². The number of fused-ring (bicyclic) bond motifs is 1. The van der Waals surface area contributed by atoms with Gasteiger partial charge < -0.3 is 9.47 Å². The zero-order chi connectivity index (χ0) is 21.3. The Labute approximate surface area is 178 Å². The molecule has 0 aromatic heterocycles. The number of ether oxygens (including phenoxy) is 2. The molecule has 0 N–H and O–H groups in total. The normalized spacial score (nSPS) is 15.7. The van der Waals surface area contributed by atoms with Crippen molar-refractivity contribution in [3.05, 3.63) is 77.9 Å². The summed E-state index contributed by atoms with van der Waals surface area (Å²) in [6, 6.07) is 20.0. The molecule has 0 radical (unpaired) electrons. The molecule has 6 nitrogen and oxygen atoms in total. The van der Waals surface area contributed by atoms with Crippen molar-refractivity contribution in [1.82, 2.24) is 0 Å². The zero-order valence-electron chi connectivity index (χ0n) is 17.0. The number of hydrogen-bond donors (Lipinski definition) is 0. The number of carbonyl (C=O) groups is 1. The topological polar surface area (TPSA) is 59.1 Å². The number of hydrogen-bond acceptors (Lipinski definition) is 4. The minimum atomic E-state index is -1.69. The molecule has 4 rings (SSSR count). The average molecular weight is 423 g/mol. The fourth-order valence-electron chi connectivity index (χ4n) is 3.40. The van der Waals surface area contributed by atoms with Crippen LogP contribution in [0.5, 0.6) is 11.5 Å². The Morgan fingerprint density at radius 2 is 1.60 bits per heavy atom. The summed E-state index contributed by atoms with van der Waals surface area (Å²) in [5, 5.41) is 0. The Morgan fingerprint density at radius 3 is 2.30 bits per heavy atom. The third-order valence-electron chi connectivity index (χ3n) is 4.98. The molecule has 0 aliphatic carbocycles. The zero-order valence-corrected chi connectivity index (χ0v) is 17.8. The fourth-order valence-corrected chi connectivity index (χ4v) is 4.69. The molecule has 3 aromatic carbocycles. The maximum atomic E-state index is 13.5. The van der Waals surface area contributed by atoms with Crippen molar-refractivity contribution in [3.63, 3.8) is 0 Å². The van der Waals surface area contributed by atoms with E-state index in [0.29, 0.717) is 34.3 Å². The van der Waals surface area contributed by atoms with Crippen LogP contribution < -0.4 is 18.7 Å². The van der Waals surface area contributed by atoms with Crippen LogP contribution in [0.4, 0.5) is 16.2 Å². The molecule has 30 heavy (non-hydrogen) atoms. The number of urea groups is 1. The van der Waals surface area contributed by atoms with Crippen LogP contribution in [0.3, 0.4) is 0 Å². The van der Waals surface area contributed by atoms with Gasteiger partial charge in [-0.2, -0.15) is 0 Å². The highest BCUT2D eigenvalue weighted by molar-refractivity contribution is 7.87. The highest BCUT2D eigenvalue weighted by Crippen LogP contribution is 2.38. The van der Waals surface area contributed by atoms with E-state index in [1.165, 1.54) is 11.4 Å². The van der Waals surface area contributed by atoms with E-state index in [1.807, 2.05) is 49.4 Å². The highest BCUT2D eigenvalue weighted by Gasteiger charge is 2.37. The highest BCUT2D eigenvalue weighted by atomic mass is 32.2. The number of benzene rings is 3. The molecular formula is C23H22N2O4S. The molecule has 1 atom stereocenters. The third-order valence-corrected chi connectivity index (χ3v) is 6.40. The van der Waals surface area contributed by atoms with Crippen molar-refractivity contribution >= 4 is 28.4 Å². The van der Waals surface area contributed by atoms with Crippen molar-refractivity contribution in [2.24, 2.45) is 0 Å². The molecule has 0 spiro atoms. The van der Waals surface area contributed by atoms with E-state index in [2.05, 4.69) is 0 Å². The number of aryl methyl sites for hydroxylation is 1. The summed E-state index contributed by atoms with van der Waals surface area (Å²) in [6.07, 6.45) is 0. The first kappa shape index (κ1) is 20.0. The Bertz CT molecular complexity index is 1110. The largest absolute Gasteiger partial charge is 0.493 e. The lowest BCUT2D eigenvalue weighted by Gasteiger charge is -2.36. The molecule has 1 heterocycles. The fraction of sp³-hybridized carbons (Fsp3) is 0.174. The van der Waals surface area contributed by atoms with Crippen molar-refractivity contribution < 1.29 is 18.5 Å². The first-order valence-electron chi connectivity index (χ1n) is 9.43. The summed E-state index contributed by atoms with van der Waals surface area (Å²) in [5.41, 5.74) is 3.26. The minimum Gasteiger partial charge on any atom is -0.493 e. The SMILES string of the molecule is COc1ccc(N2C(=O)N(Cc3ccc(C)cc3)c3ccccc3S2=O)cc1OC. The van der Waals surface area contributed by atoms with Gasteiger partial charge in [-0.15, -0.1) is 0 Å². The first-order valence-corrected chi connectivity index (χ1v) is 10.5. The van der Waals surface area contributed by atoms with E-state index in [-0.39, 0.29) is 6.03 Å². The van der Waals surface area contributed by atoms with Crippen LogP contribution >= 0.6 is 0 Å². The monoisotopic (exact) mass is 422 g/mol. The van der Waals surface area contributed by atoms with Crippen LogP contribution in [0, 0.1) is 6.92 Å². The molecule has 0 saturated heterocycles. The summed E-state index contributed by atoms with van der Waals surface area (Å²) in [4.78, 5) is 15.7. The Kier molecular flexibility index (Phi) is 5.46. The number of para-hydroxylation sites is 1. The summed E-state index contributed by atoms with van der Waals surface area (Å²) >= 11 is 0. The van der Waals surface area contributed by atoms with E-state index in [1.54, 1.807) is 36.3 Å². The van der Waals surface area contributed by atoms with Gasteiger partial charge in [0.15, 0.2) is 22.5 Å². The van der Waals surface area contributed by atoms with Gasteiger partial charge in [0.05, 0.1) is 37.0 Å². The number of rotatable bonds is 5. The second-order valence-corrected chi connectivity index (χ2v) is 8.21. The molecular weight excluding hydrogens is 400 g/mol. The molecule has 1 unspecified atom stereocenters. The molecule has 7 heteroatoms.